The largest absolute Gasteiger partial charge is 0.494 e. The van der Waals surface area contributed by atoms with Gasteiger partial charge in [0.15, 0.2) is 0 Å². The Bertz CT molecular complexity index is 289. The van der Waals surface area contributed by atoms with Gasteiger partial charge in [-0.2, -0.15) is 12.6 Å². The summed E-state index contributed by atoms with van der Waals surface area (Å²) < 4.78 is 11.0. The van der Waals surface area contributed by atoms with Gasteiger partial charge >= 0.3 is 0 Å². The minimum absolute atomic E-state index is 0.462. The zero-order valence-corrected chi connectivity index (χ0v) is 10.2. The molecule has 84 valence electrons. The summed E-state index contributed by atoms with van der Waals surface area (Å²) in [6.45, 7) is 5.45. The molecule has 0 N–H and O–H groups in total. The van der Waals surface area contributed by atoms with Crippen LogP contribution in [0.5, 0.6) is 11.5 Å². The van der Waals surface area contributed by atoms with Gasteiger partial charge in [0.05, 0.1) is 13.2 Å². The predicted molar refractivity (Wildman–Crippen MR) is 66.1 cm³/mol. The fraction of sp³-hybridized carbons (Fsp3) is 0.500. The van der Waals surface area contributed by atoms with Crippen molar-refractivity contribution in [3.05, 3.63) is 24.3 Å². The molecule has 1 atom stereocenters. The Morgan fingerprint density at radius 3 is 2.53 bits per heavy atom. The Morgan fingerprint density at radius 2 is 1.93 bits per heavy atom. The minimum atomic E-state index is 0.462. The van der Waals surface area contributed by atoms with Gasteiger partial charge in [-0.3, -0.25) is 0 Å². The molecule has 0 bridgehead atoms. The van der Waals surface area contributed by atoms with Crippen molar-refractivity contribution in [2.75, 3.05) is 19.0 Å². The molecule has 1 rings (SSSR count). The molecule has 0 aliphatic carbocycles. The van der Waals surface area contributed by atoms with Crippen LogP contribution in [-0.2, 0) is 0 Å². The van der Waals surface area contributed by atoms with Gasteiger partial charge in [-0.25, -0.2) is 0 Å². The topological polar surface area (TPSA) is 18.5 Å². The van der Waals surface area contributed by atoms with Crippen LogP contribution >= 0.6 is 12.6 Å². The average molecular weight is 226 g/mol. The maximum absolute atomic E-state index is 5.62. The lowest BCUT2D eigenvalue weighted by Crippen LogP contribution is -2.09. The van der Waals surface area contributed by atoms with E-state index in [0.717, 1.165) is 17.3 Å². The Labute approximate surface area is 97.0 Å². The molecule has 0 heterocycles. The number of hydrogen-bond donors (Lipinski definition) is 1. The number of hydrogen-bond acceptors (Lipinski definition) is 3. The van der Waals surface area contributed by atoms with Gasteiger partial charge in [0, 0.05) is 6.07 Å². The molecule has 0 aliphatic rings. The third kappa shape index (κ3) is 4.47. The molecule has 1 aromatic rings. The molecular formula is C12H18O2S. The highest BCUT2D eigenvalue weighted by molar-refractivity contribution is 7.80. The Morgan fingerprint density at radius 1 is 1.27 bits per heavy atom. The lowest BCUT2D eigenvalue weighted by molar-refractivity contribution is 0.270. The van der Waals surface area contributed by atoms with E-state index in [9.17, 15) is 0 Å². The van der Waals surface area contributed by atoms with Crippen LogP contribution < -0.4 is 9.47 Å². The summed E-state index contributed by atoms with van der Waals surface area (Å²) >= 11 is 4.21. The van der Waals surface area contributed by atoms with E-state index in [0.29, 0.717) is 19.1 Å². The highest BCUT2D eigenvalue weighted by Gasteiger charge is 2.01. The molecule has 15 heavy (non-hydrogen) atoms. The van der Waals surface area contributed by atoms with E-state index < -0.39 is 0 Å². The highest BCUT2D eigenvalue weighted by atomic mass is 32.1. The fourth-order valence-corrected chi connectivity index (χ4v) is 1.22. The second kappa shape index (κ2) is 6.62. The van der Waals surface area contributed by atoms with Crippen molar-refractivity contribution in [2.45, 2.75) is 13.8 Å². The average Bonchev–Trinajstić information content (AvgIpc) is 2.27. The lowest BCUT2D eigenvalue weighted by atomic mass is 10.2. The smallest absolute Gasteiger partial charge is 0.122 e. The van der Waals surface area contributed by atoms with E-state index in [4.69, 9.17) is 9.47 Å². The number of rotatable bonds is 6. The summed E-state index contributed by atoms with van der Waals surface area (Å²) in [6.07, 6.45) is 0. The number of thiol groups is 1. The van der Waals surface area contributed by atoms with Crippen molar-refractivity contribution in [3.8, 4) is 11.5 Å². The summed E-state index contributed by atoms with van der Waals surface area (Å²) in [6, 6.07) is 7.71. The van der Waals surface area contributed by atoms with Crippen LogP contribution in [0.1, 0.15) is 13.8 Å². The van der Waals surface area contributed by atoms with Crippen molar-refractivity contribution in [1.82, 2.24) is 0 Å². The number of ether oxygens (including phenoxy) is 2. The van der Waals surface area contributed by atoms with E-state index in [1.165, 1.54) is 0 Å². The van der Waals surface area contributed by atoms with E-state index >= 15 is 0 Å². The molecule has 0 aromatic heterocycles. The molecule has 0 amide bonds. The maximum Gasteiger partial charge on any atom is 0.122 e. The zero-order valence-electron chi connectivity index (χ0n) is 9.27. The van der Waals surface area contributed by atoms with Crippen LogP contribution in [0.3, 0.4) is 0 Å². The first-order valence-corrected chi connectivity index (χ1v) is 5.86. The van der Waals surface area contributed by atoms with Gasteiger partial charge in [-0.05, 0) is 30.7 Å². The van der Waals surface area contributed by atoms with Gasteiger partial charge in [-0.1, -0.05) is 13.0 Å². The van der Waals surface area contributed by atoms with Crippen LogP contribution in [0, 0.1) is 5.92 Å². The van der Waals surface area contributed by atoms with Crippen molar-refractivity contribution < 1.29 is 9.47 Å². The maximum atomic E-state index is 5.62. The highest BCUT2D eigenvalue weighted by Crippen LogP contribution is 2.19. The minimum Gasteiger partial charge on any atom is -0.494 e. The first-order valence-electron chi connectivity index (χ1n) is 5.22. The van der Waals surface area contributed by atoms with E-state index in [-0.39, 0.29) is 0 Å². The predicted octanol–water partition coefficient (Wildman–Crippen LogP) is 3.03. The van der Waals surface area contributed by atoms with Crippen molar-refractivity contribution in [2.24, 2.45) is 5.92 Å². The van der Waals surface area contributed by atoms with Crippen molar-refractivity contribution in [1.29, 1.82) is 0 Å². The molecule has 0 fully saturated rings. The molecule has 3 heteroatoms. The van der Waals surface area contributed by atoms with Crippen molar-refractivity contribution >= 4 is 12.6 Å². The first kappa shape index (κ1) is 12.2. The summed E-state index contributed by atoms with van der Waals surface area (Å²) in [7, 11) is 0. The van der Waals surface area contributed by atoms with Gasteiger partial charge in [0.2, 0.25) is 0 Å². The Balaban J connectivity index is 2.50. The molecule has 1 unspecified atom stereocenters. The molecule has 0 aliphatic heterocycles. The van der Waals surface area contributed by atoms with Gasteiger partial charge in [-0.15, -0.1) is 0 Å². The monoisotopic (exact) mass is 226 g/mol. The van der Waals surface area contributed by atoms with Crippen LogP contribution in [0.2, 0.25) is 0 Å². The molecule has 0 radical (unpaired) electrons. The number of benzene rings is 1. The second-order valence-electron chi connectivity index (χ2n) is 3.51. The Kier molecular flexibility index (Phi) is 5.40. The first-order chi connectivity index (χ1) is 7.26. The quantitative estimate of drug-likeness (QED) is 0.752. The second-order valence-corrected chi connectivity index (χ2v) is 3.87. The van der Waals surface area contributed by atoms with Crippen LogP contribution in [-0.4, -0.2) is 19.0 Å². The molecule has 2 nitrogen and oxygen atoms in total. The van der Waals surface area contributed by atoms with Crippen LogP contribution in [0.15, 0.2) is 24.3 Å². The summed E-state index contributed by atoms with van der Waals surface area (Å²) in [4.78, 5) is 0. The van der Waals surface area contributed by atoms with Crippen LogP contribution in [0.4, 0.5) is 0 Å². The van der Waals surface area contributed by atoms with E-state index in [1.54, 1.807) is 0 Å². The summed E-state index contributed by atoms with van der Waals surface area (Å²) in [5.74, 6) is 3.01. The summed E-state index contributed by atoms with van der Waals surface area (Å²) in [5.41, 5.74) is 0. The molecule has 0 spiro atoms. The molecular weight excluding hydrogens is 208 g/mol. The standard InChI is InChI=1S/C12H18O2S/c1-3-13-11-5-4-6-12(7-11)14-8-10(2)9-15/h4-7,10,15H,3,8-9H2,1-2H3. The fourth-order valence-electron chi connectivity index (χ4n) is 1.11. The molecule has 0 saturated heterocycles. The van der Waals surface area contributed by atoms with E-state index in [2.05, 4.69) is 19.6 Å². The molecule has 0 saturated carbocycles. The van der Waals surface area contributed by atoms with E-state index in [1.807, 2.05) is 31.2 Å². The van der Waals surface area contributed by atoms with Crippen LogP contribution in [0.25, 0.3) is 0 Å². The normalized spacial score (nSPS) is 12.2. The van der Waals surface area contributed by atoms with Gasteiger partial charge < -0.3 is 9.47 Å². The zero-order chi connectivity index (χ0) is 11.1. The summed E-state index contributed by atoms with van der Waals surface area (Å²) in [5, 5.41) is 0. The van der Waals surface area contributed by atoms with Gasteiger partial charge in [0.25, 0.3) is 0 Å². The van der Waals surface area contributed by atoms with Gasteiger partial charge in [0.1, 0.15) is 11.5 Å². The SMILES string of the molecule is CCOc1cccc(OCC(C)CS)c1. The molecule has 1 aromatic carbocycles. The Hall–Kier alpha value is -0.830. The third-order valence-electron chi connectivity index (χ3n) is 1.96. The third-order valence-corrected chi connectivity index (χ3v) is 2.59. The lowest BCUT2D eigenvalue weighted by Gasteiger charge is -2.11. The van der Waals surface area contributed by atoms with Crippen molar-refractivity contribution in [3.63, 3.8) is 0 Å².